The van der Waals surface area contributed by atoms with Crippen LogP contribution in [0.3, 0.4) is 0 Å². The van der Waals surface area contributed by atoms with Crippen molar-refractivity contribution in [1.29, 1.82) is 0 Å². The summed E-state index contributed by atoms with van der Waals surface area (Å²) < 4.78 is 0. The number of nitrogens with two attached hydrogens (primary N) is 1. The zero-order chi connectivity index (χ0) is 24.0. The molecule has 3 heterocycles. The minimum Gasteiger partial charge on any atom is -0.368 e. The van der Waals surface area contributed by atoms with Crippen molar-refractivity contribution in [2.75, 3.05) is 6.54 Å². The summed E-state index contributed by atoms with van der Waals surface area (Å²) in [6.07, 6.45) is 4.71. The second-order valence-corrected chi connectivity index (χ2v) is 8.98. The van der Waals surface area contributed by atoms with Gasteiger partial charge in [-0.15, -0.1) is 11.3 Å². The lowest BCUT2D eigenvalue weighted by atomic mass is 10.1. The summed E-state index contributed by atoms with van der Waals surface area (Å²) in [6.45, 7) is 3.83. The molecule has 3 atom stereocenters. The maximum atomic E-state index is 13.3. The fourth-order valence-electron chi connectivity index (χ4n) is 3.63. The molecule has 1 saturated heterocycles. The largest absolute Gasteiger partial charge is 0.368 e. The molecule has 33 heavy (non-hydrogen) atoms. The normalized spacial score (nSPS) is 18.6. The minimum absolute atomic E-state index is 0.0765. The van der Waals surface area contributed by atoms with Gasteiger partial charge in [-0.25, -0.2) is 9.78 Å². The van der Waals surface area contributed by atoms with E-state index in [-0.39, 0.29) is 24.7 Å². The van der Waals surface area contributed by atoms with Crippen LogP contribution >= 0.6 is 11.3 Å². The smallest absolute Gasteiger partial charge is 0.315 e. The van der Waals surface area contributed by atoms with Gasteiger partial charge in [0.25, 0.3) is 5.91 Å². The molecule has 2 aromatic heterocycles. The highest BCUT2D eigenvalue weighted by Crippen LogP contribution is 2.21. The Bertz CT molecular complexity index is 984. The molecule has 0 radical (unpaired) electrons. The molecule has 1 fully saturated rings. The number of carbonyl (C=O) groups excluding carboxylic acids is 4. The summed E-state index contributed by atoms with van der Waals surface area (Å²) in [5.41, 5.74) is 5.60. The number of hydrogen-bond acceptors (Lipinski definition) is 7. The molecule has 0 bridgehead atoms. The van der Waals surface area contributed by atoms with E-state index < -0.39 is 41.9 Å². The Labute approximate surface area is 195 Å². The Kier molecular flexibility index (Phi) is 7.93. The number of urea groups is 1. The van der Waals surface area contributed by atoms with Crippen LogP contribution in [0.2, 0.25) is 0 Å². The molecule has 0 saturated carbocycles. The number of aromatic nitrogens is 2. The van der Waals surface area contributed by atoms with Gasteiger partial charge in [0.15, 0.2) is 0 Å². The van der Waals surface area contributed by atoms with Crippen LogP contribution in [0.4, 0.5) is 4.79 Å². The summed E-state index contributed by atoms with van der Waals surface area (Å²) >= 11 is 1.44. The molecule has 176 valence electrons. The van der Waals surface area contributed by atoms with Gasteiger partial charge in [-0.3, -0.25) is 19.4 Å². The standard InChI is InChI=1S/C21H27N7O4S/c1-12(2)25-21(32)27-14-5-8-28(20(31)16-11-23-6-7-24-16)17(14)19(30)26-15(18(22)29)10-13-4-3-9-33-13/h3-4,6-7,9,11-12,14-15,17H,5,8,10H2,1-2H3,(H2,22,29)(H,26,30)(H2,25,27,32). The first-order valence-corrected chi connectivity index (χ1v) is 11.4. The third-order valence-corrected chi connectivity index (χ3v) is 5.99. The number of nitrogens with zero attached hydrogens (tertiary/aromatic N) is 3. The molecule has 11 nitrogen and oxygen atoms in total. The van der Waals surface area contributed by atoms with E-state index in [1.165, 1.54) is 34.8 Å². The van der Waals surface area contributed by atoms with Crippen molar-refractivity contribution in [1.82, 2.24) is 30.8 Å². The zero-order valence-electron chi connectivity index (χ0n) is 18.4. The van der Waals surface area contributed by atoms with Crippen molar-refractivity contribution in [3.63, 3.8) is 0 Å². The van der Waals surface area contributed by atoms with E-state index in [9.17, 15) is 19.2 Å². The molecule has 0 aromatic carbocycles. The lowest BCUT2D eigenvalue weighted by Gasteiger charge is -2.29. The molecule has 0 spiro atoms. The predicted octanol–water partition coefficient (Wildman–Crippen LogP) is 0.0416. The van der Waals surface area contributed by atoms with Crippen LogP contribution in [0.15, 0.2) is 36.1 Å². The van der Waals surface area contributed by atoms with Crippen molar-refractivity contribution in [3.8, 4) is 0 Å². The first-order chi connectivity index (χ1) is 15.8. The number of carbonyl (C=O) groups is 4. The van der Waals surface area contributed by atoms with Crippen LogP contribution in [-0.4, -0.2) is 69.3 Å². The van der Waals surface area contributed by atoms with Crippen LogP contribution in [-0.2, 0) is 16.0 Å². The van der Waals surface area contributed by atoms with Crippen molar-refractivity contribution in [2.24, 2.45) is 5.73 Å². The van der Waals surface area contributed by atoms with E-state index in [1.807, 2.05) is 31.4 Å². The number of nitrogens with one attached hydrogen (secondary N) is 3. The average Bonchev–Trinajstić information content (AvgIpc) is 3.42. The average molecular weight is 474 g/mol. The van der Waals surface area contributed by atoms with E-state index in [1.54, 1.807) is 0 Å². The van der Waals surface area contributed by atoms with E-state index in [2.05, 4.69) is 25.9 Å². The van der Waals surface area contributed by atoms with Gasteiger partial charge in [-0.2, -0.15) is 0 Å². The number of rotatable bonds is 8. The molecule has 3 unspecified atom stereocenters. The van der Waals surface area contributed by atoms with Crippen molar-refractivity contribution >= 4 is 35.1 Å². The highest BCUT2D eigenvalue weighted by atomic mass is 32.1. The zero-order valence-corrected chi connectivity index (χ0v) is 19.2. The fourth-order valence-corrected chi connectivity index (χ4v) is 4.39. The van der Waals surface area contributed by atoms with Gasteiger partial charge in [-0.1, -0.05) is 6.07 Å². The molecule has 12 heteroatoms. The Balaban J connectivity index is 1.82. The summed E-state index contributed by atoms with van der Waals surface area (Å²) in [6, 6.07) is 0.434. The molecule has 5 amide bonds. The number of likely N-dealkylation sites (tertiary alicyclic amines) is 1. The molecular weight excluding hydrogens is 446 g/mol. The third kappa shape index (κ3) is 6.25. The number of hydrogen-bond donors (Lipinski definition) is 4. The van der Waals surface area contributed by atoms with Crippen LogP contribution in [0, 0.1) is 0 Å². The molecule has 3 rings (SSSR count). The van der Waals surface area contributed by atoms with E-state index in [4.69, 9.17) is 5.73 Å². The SMILES string of the molecule is CC(C)NC(=O)NC1CCN(C(=O)c2cnccn2)C1C(=O)NC(Cc1cccs1)C(N)=O. The molecule has 1 aliphatic rings. The highest BCUT2D eigenvalue weighted by molar-refractivity contribution is 7.09. The summed E-state index contributed by atoms with van der Waals surface area (Å²) in [5.74, 6) is -1.77. The summed E-state index contributed by atoms with van der Waals surface area (Å²) in [5, 5.41) is 10.0. The van der Waals surface area contributed by atoms with Crippen molar-refractivity contribution < 1.29 is 19.2 Å². The fraction of sp³-hybridized carbons (Fsp3) is 0.429. The van der Waals surface area contributed by atoms with Crippen molar-refractivity contribution in [3.05, 3.63) is 46.7 Å². The Hall–Kier alpha value is -3.54. The maximum Gasteiger partial charge on any atom is 0.315 e. The molecule has 2 aromatic rings. The van der Waals surface area contributed by atoms with Crippen LogP contribution in [0.5, 0.6) is 0 Å². The highest BCUT2D eigenvalue weighted by Gasteiger charge is 2.44. The van der Waals surface area contributed by atoms with E-state index in [0.717, 1.165) is 4.88 Å². The summed E-state index contributed by atoms with van der Waals surface area (Å²) in [4.78, 5) is 60.9. The summed E-state index contributed by atoms with van der Waals surface area (Å²) in [7, 11) is 0. The molecule has 1 aliphatic heterocycles. The van der Waals surface area contributed by atoms with Gasteiger partial charge in [0, 0.05) is 36.3 Å². The van der Waals surface area contributed by atoms with Crippen LogP contribution < -0.4 is 21.7 Å². The van der Waals surface area contributed by atoms with Gasteiger partial charge in [0.05, 0.1) is 12.2 Å². The Morgan fingerprint density at radius 3 is 2.64 bits per heavy atom. The van der Waals surface area contributed by atoms with Gasteiger partial charge >= 0.3 is 6.03 Å². The quantitative estimate of drug-likeness (QED) is 0.424. The van der Waals surface area contributed by atoms with Crippen LogP contribution in [0.1, 0.15) is 35.6 Å². The number of amides is 5. The lowest BCUT2D eigenvalue weighted by molar-refractivity contribution is -0.130. The maximum absolute atomic E-state index is 13.3. The predicted molar refractivity (Wildman–Crippen MR) is 121 cm³/mol. The van der Waals surface area contributed by atoms with E-state index >= 15 is 0 Å². The monoisotopic (exact) mass is 473 g/mol. The topological polar surface area (TPSA) is 159 Å². The molecule has 5 N–H and O–H groups in total. The lowest BCUT2D eigenvalue weighted by Crippen LogP contribution is -2.59. The van der Waals surface area contributed by atoms with Gasteiger partial charge in [-0.05, 0) is 31.7 Å². The van der Waals surface area contributed by atoms with E-state index in [0.29, 0.717) is 6.42 Å². The Morgan fingerprint density at radius 2 is 2.03 bits per heavy atom. The Morgan fingerprint density at radius 1 is 1.24 bits per heavy atom. The second kappa shape index (κ2) is 10.9. The first-order valence-electron chi connectivity index (χ1n) is 10.5. The van der Waals surface area contributed by atoms with Crippen LogP contribution in [0.25, 0.3) is 0 Å². The number of primary amides is 1. The molecular formula is C21H27N7O4S. The molecule has 0 aliphatic carbocycles. The van der Waals surface area contributed by atoms with Gasteiger partial charge < -0.3 is 26.6 Å². The minimum atomic E-state index is -1.05. The number of thiophene rings is 1. The third-order valence-electron chi connectivity index (χ3n) is 5.09. The second-order valence-electron chi connectivity index (χ2n) is 7.95. The van der Waals surface area contributed by atoms with Gasteiger partial charge in [0.1, 0.15) is 17.8 Å². The van der Waals surface area contributed by atoms with Gasteiger partial charge in [0.2, 0.25) is 11.8 Å². The first kappa shape index (κ1) is 24.1. The van der Waals surface area contributed by atoms with Crippen molar-refractivity contribution in [2.45, 2.75) is 50.9 Å².